The van der Waals surface area contributed by atoms with E-state index in [0.29, 0.717) is 36.3 Å². The second-order valence-corrected chi connectivity index (χ2v) is 7.54. The molecule has 2 aromatic rings. The fourth-order valence-electron chi connectivity index (χ4n) is 2.36. The number of benzene rings is 2. The summed E-state index contributed by atoms with van der Waals surface area (Å²) in [6, 6.07) is 12.0. The Morgan fingerprint density at radius 1 is 0.960 bits per heavy atom. The van der Waals surface area contributed by atoms with E-state index in [9.17, 15) is 8.42 Å². The Morgan fingerprint density at radius 3 is 2.16 bits per heavy atom. The molecule has 2 aromatic carbocycles. The Bertz CT molecular complexity index is 799. The van der Waals surface area contributed by atoms with Crippen LogP contribution in [0.2, 0.25) is 0 Å². The summed E-state index contributed by atoms with van der Waals surface area (Å²) in [7, 11) is -3.71. The van der Waals surface area contributed by atoms with E-state index < -0.39 is 10.0 Å². The highest BCUT2D eigenvalue weighted by atomic mass is 32.2. The zero-order valence-electron chi connectivity index (χ0n) is 15.1. The molecule has 0 aromatic heterocycles. The molecule has 2 rings (SSSR count). The zero-order chi connectivity index (χ0) is 18.4. The van der Waals surface area contributed by atoms with E-state index >= 15 is 0 Å². The molecular weight excluding hydrogens is 338 g/mol. The van der Waals surface area contributed by atoms with Crippen LogP contribution in [0.5, 0.6) is 11.5 Å². The van der Waals surface area contributed by atoms with Gasteiger partial charge in [0.1, 0.15) is 11.5 Å². The lowest BCUT2D eigenvalue weighted by atomic mass is 10.0. The molecule has 0 aliphatic rings. The predicted octanol–water partition coefficient (Wildman–Crippen LogP) is 4.41. The maximum Gasteiger partial charge on any atom is 0.262 e. The van der Waals surface area contributed by atoms with E-state index in [-0.39, 0.29) is 4.90 Å². The standard InChI is InChI=1S/C19H25NO4S/c1-5-23-16-9-12-19(24-6-2)18(13-16)20-25(21,22)17-10-7-15(8-11-17)14(3)4/h7-14,20H,5-6H2,1-4H3. The minimum atomic E-state index is -3.71. The Kier molecular flexibility index (Phi) is 6.31. The van der Waals surface area contributed by atoms with Crippen molar-refractivity contribution in [3.05, 3.63) is 48.0 Å². The molecule has 0 unspecified atom stereocenters. The molecule has 0 bridgehead atoms. The van der Waals surface area contributed by atoms with Gasteiger partial charge in [0.15, 0.2) is 0 Å². The quantitative estimate of drug-likeness (QED) is 0.754. The first kappa shape index (κ1) is 19.1. The first-order valence-electron chi connectivity index (χ1n) is 8.39. The van der Waals surface area contributed by atoms with Crippen LogP contribution in [-0.2, 0) is 10.0 Å². The van der Waals surface area contributed by atoms with Gasteiger partial charge < -0.3 is 9.47 Å². The molecule has 0 amide bonds. The van der Waals surface area contributed by atoms with Crippen molar-refractivity contribution >= 4 is 15.7 Å². The second-order valence-electron chi connectivity index (χ2n) is 5.85. The number of sulfonamides is 1. The van der Waals surface area contributed by atoms with Crippen molar-refractivity contribution in [2.24, 2.45) is 0 Å². The monoisotopic (exact) mass is 363 g/mol. The minimum Gasteiger partial charge on any atom is -0.494 e. The average molecular weight is 363 g/mol. The van der Waals surface area contributed by atoms with Gasteiger partial charge in [-0.25, -0.2) is 8.42 Å². The van der Waals surface area contributed by atoms with Gasteiger partial charge in [-0.3, -0.25) is 4.72 Å². The van der Waals surface area contributed by atoms with Crippen molar-refractivity contribution in [1.82, 2.24) is 0 Å². The van der Waals surface area contributed by atoms with Gasteiger partial charge in [-0.05, 0) is 49.6 Å². The molecule has 25 heavy (non-hydrogen) atoms. The SMILES string of the molecule is CCOc1ccc(OCC)c(NS(=O)(=O)c2ccc(C(C)C)cc2)c1. The highest BCUT2D eigenvalue weighted by molar-refractivity contribution is 7.92. The molecule has 5 nitrogen and oxygen atoms in total. The first-order chi connectivity index (χ1) is 11.9. The van der Waals surface area contributed by atoms with Crippen LogP contribution in [0.25, 0.3) is 0 Å². The van der Waals surface area contributed by atoms with Crippen LogP contribution in [0.1, 0.15) is 39.2 Å². The topological polar surface area (TPSA) is 64.6 Å². The zero-order valence-corrected chi connectivity index (χ0v) is 15.9. The first-order valence-corrected chi connectivity index (χ1v) is 9.88. The second kappa shape index (κ2) is 8.25. The third-order valence-corrected chi connectivity index (χ3v) is 5.04. The van der Waals surface area contributed by atoms with Gasteiger partial charge >= 0.3 is 0 Å². The summed E-state index contributed by atoms with van der Waals surface area (Å²) < 4.78 is 39.0. The third-order valence-electron chi connectivity index (χ3n) is 3.66. The largest absolute Gasteiger partial charge is 0.494 e. The van der Waals surface area contributed by atoms with E-state index in [1.54, 1.807) is 30.3 Å². The van der Waals surface area contributed by atoms with E-state index in [2.05, 4.69) is 18.6 Å². The fourth-order valence-corrected chi connectivity index (χ4v) is 3.42. The molecule has 0 aliphatic carbocycles. The van der Waals surface area contributed by atoms with Crippen LogP contribution >= 0.6 is 0 Å². The van der Waals surface area contributed by atoms with E-state index in [1.807, 2.05) is 26.0 Å². The molecule has 136 valence electrons. The lowest BCUT2D eigenvalue weighted by molar-refractivity contribution is 0.332. The van der Waals surface area contributed by atoms with E-state index in [0.717, 1.165) is 5.56 Å². The summed E-state index contributed by atoms with van der Waals surface area (Å²) in [6.07, 6.45) is 0. The summed E-state index contributed by atoms with van der Waals surface area (Å²) in [5, 5.41) is 0. The molecule has 0 atom stereocenters. The van der Waals surface area contributed by atoms with Gasteiger partial charge in [0.2, 0.25) is 0 Å². The van der Waals surface area contributed by atoms with E-state index in [1.165, 1.54) is 0 Å². The molecular formula is C19H25NO4S. The van der Waals surface area contributed by atoms with Gasteiger partial charge in [0.25, 0.3) is 10.0 Å². The van der Waals surface area contributed by atoms with Crippen LogP contribution in [0.15, 0.2) is 47.4 Å². The van der Waals surface area contributed by atoms with Crippen molar-refractivity contribution in [1.29, 1.82) is 0 Å². The molecule has 0 fully saturated rings. The molecule has 0 heterocycles. The van der Waals surface area contributed by atoms with Crippen molar-refractivity contribution in [2.75, 3.05) is 17.9 Å². The molecule has 0 saturated heterocycles. The highest BCUT2D eigenvalue weighted by Gasteiger charge is 2.17. The Hall–Kier alpha value is -2.21. The summed E-state index contributed by atoms with van der Waals surface area (Å²) in [6.45, 7) is 8.78. The Morgan fingerprint density at radius 2 is 1.60 bits per heavy atom. The molecule has 0 radical (unpaired) electrons. The molecule has 0 aliphatic heterocycles. The Balaban J connectivity index is 2.33. The van der Waals surface area contributed by atoms with Gasteiger partial charge in [0.05, 0.1) is 23.8 Å². The van der Waals surface area contributed by atoms with Crippen LogP contribution in [0.4, 0.5) is 5.69 Å². The summed E-state index contributed by atoms with van der Waals surface area (Å²) in [4.78, 5) is 0.209. The van der Waals surface area contributed by atoms with Crippen LogP contribution in [0.3, 0.4) is 0 Å². The van der Waals surface area contributed by atoms with Gasteiger partial charge in [0, 0.05) is 6.07 Å². The fraction of sp³-hybridized carbons (Fsp3) is 0.368. The average Bonchev–Trinajstić information content (AvgIpc) is 2.57. The van der Waals surface area contributed by atoms with Crippen LogP contribution in [0, 0.1) is 0 Å². The number of rotatable bonds is 8. The van der Waals surface area contributed by atoms with E-state index in [4.69, 9.17) is 9.47 Å². The summed E-state index contributed by atoms with van der Waals surface area (Å²) in [5.41, 5.74) is 1.45. The molecule has 6 heteroatoms. The number of nitrogens with one attached hydrogen (secondary N) is 1. The van der Waals surface area contributed by atoms with Crippen LogP contribution in [-0.4, -0.2) is 21.6 Å². The normalized spacial score (nSPS) is 11.4. The lowest BCUT2D eigenvalue weighted by Crippen LogP contribution is -2.14. The van der Waals surface area contributed by atoms with Crippen LogP contribution < -0.4 is 14.2 Å². The van der Waals surface area contributed by atoms with Gasteiger partial charge in [-0.2, -0.15) is 0 Å². The number of ether oxygens (including phenoxy) is 2. The highest BCUT2D eigenvalue weighted by Crippen LogP contribution is 2.31. The molecule has 1 N–H and O–H groups in total. The van der Waals surface area contributed by atoms with Gasteiger partial charge in [-0.15, -0.1) is 0 Å². The van der Waals surface area contributed by atoms with Crippen molar-refractivity contribution in [2.45, 2.75) is 38.5 Å². The maximum atomic E-state index is 12.7. The van der Waals surface area contributed by atoms with Crippen molar-refractivity contribution in [3.63, 3.8) is 0 Å². The predicted molar refractivity (Wildman–Crippen MR) is 100 cm³/mol. The molecule has 0 spiro atoms. The number of anilines is 1. The summed E-state index contributed by atoms with van der Waals surface area (Å²) in [5.74, 6) is 1.39. The number of hydrogen-bond acceptors (Lipinski definition) is 4. The van der Waals surface area contributed by atoms with Crippen molar-refractivity contribution < 1.29 is 17.9 Å². The molecule has 0 saturated carbocycles. The maximum absolute atomic E-state index is 12.7. The smallest absolute Gasteiger partial charge is 0.262 e. The summed E-state index contributed by atoms with van der Waals surface area (Å²) >= 11 is 0. The lowest BCUT2D eigenvalue weighted by Gasteiger charge is -2.15. The third kappa shape index (κ3) is 4.89. The van der Waals surface area contributed by atoms with Crippen molar-refractivity contribution in [3.8, 4) is 11.5 Å². The number of hydrogen-bond donors (Lipinski definition) is 1. The Labute approximate surface area is 150 Å². The minimum absolute atomic E-state index is 0.209. The van der Waals surface area contributed by atoms with Gasteiger partial charge in [-0.1, -0.05) is 26.0 Å².